The minimum absolute atomic E-state index is 0.287. The highest BCUT2D eigenvalue weighted by molar-refractivity contribution is 5.93. The number of benzene rings is 1. The van der Waals surface area contributed by atoms with E-state index in [1.165, 1.54) is 37.8 Å². The summed E-state index contributed by atoms with van der Waals surface area (Å²) < 4.78 is 0. The summed E-state index contributed by atoms with van der Waals surface area (Å²) >= 11 is 0. The number of nitrogens with zero attached hydrogens (tertiary/aromatic N) is 1. The number of aromatic carboxylic acids is 1. The monoisotopic (exact) mass is 294 g/mol. The van der Waals surface area contributed by atoms with Gasteiger partial charge in [-0.15, -0.1) is 0 Å². The number of carbonyl (C=O) groups is 1. The Labute approximate surface area is 124 Å². The molecule has 6 nitrogen and oxygen atoms in total. The van der Waals surface area contributed by atoms with Crippen LogP contribution in [0.1, 0.15) is 55.8 Å². The van der Waals surface area contributed by atoms with E-state index in [9.17, 15) is 14.9 Å². The zero-order valence-electron chi connectivity index (χ0n) is 12.3. The van der Waals surface area contributed by atoms with Crippen molar-refractivity contribution < 1.29 is 14.8 Å². The summed E-state index contributed by atoms with van der Waals surface area (Å²) in [7, 11) is 0. The molecule has 0 bridgehead atoms. The molecule has 0 amide bonds. The van der Waals surface area contributed by atoms with Crippen LogP contribution in [0.5, 0.6) is 0 Å². The van der Waals surface area contributed by atoms with Gasteiger partial charge in [-0.25, -0.2) is 4.79 Å². The van der Waals surface area contributed by atoms with E-state index >= 15 is 0 Å². The minimum Gasteiger partial charge on any atom is -0.477 e. The zero-order chi connectivity index (χ0) is 15.7. The molecule has 0 atom stereocenters. The highest BCUT2D eigenvalue weighted by atomic mass is 16.6. The predicted octanol–water partition coefficient (Wildman–Crippen LogP) is 4.07. The van der Waals surface area contributed by atoms with Crippen molar-refractivity contribution in [1.29, 1.82) is 0 Å². The van der Waals surface area contributed by atoms with Crippen molar-refractivity contribution in [1.82, 2.24) is 0 Å². The molecule has 21 heavy (non-hydrogen) atoms. The molecule has 0 fully saturated rings. The summed E-state index contributed by atoms with van der Waals surface area (Å²) in [5.74, 6) is -1.29. The van der Waals surface area contributed by atoms with Crippen LogP contribution in [0.3, 0.4) is 0 Å². The van der Waals surface area contributed by atoms with Crippen LogP contribution in [0.15, 0.2) is 18.2 Å². The van der Waals surface area contributed by atoms with E-state index in [0.29, 0.717) is 5.69 Å². The number of hydrogen-bond acceptors (Lipinski definition) is 4. The molecule has 1 aromatic carbocycles. The quantitative estimate of drug-likeness (QED) is 0.385. The van der Waals surface area contributed by atoms with Gasteiger partial charge in [-0.05, 0) is 18.6 Å². The number of nitro benzene ring substituents is 1. The summed E-state index contributed by atoms with van der Waals surface area (Å²) in [6.07, 6.45) is 7.05. The molecule has 0 saturated carbocycles. The van der Waals surface area contributed by atoms with Gasteiger partial charge < -0.3 is 10.4 Å². The van der Waals surface area contributed by atoms with E-state index in [0.717, 1.165) is 19.4 Å². The van der Waals surface area contributed by atoms with Crippen molar-refractivity contribution in [3.8, 4) is 0 Å². The number of anilines is 1. The Morgan fingerprint density at radius 1 is 1.24 bits per heavy atom. The second-order valence-electron chi connectivity index (χ2n) is 4.99. The van der Waals surface area contributed by atoms with Gasteiger partial charge in [0.15, 0.2) is 0 Å². The summed E-state index contributed by atoms with van der Waals surface area (Å²) in [6.45, 7) is 2.91. The molecule has 1 aromatic rings. The highest BCUT2D eigenvalue weighted by Gasteiger charge is 2.19. The van der Waals surface area contributed by atoms with Gasteiger partial charge in [0.1, 0.15) is 5.56 Å². The summed E-state index contributed by atoms with van der Waals surface area (Å²) in [5.41, 5.74) is -0.0826. The Kier molecular flexibility index (Phi) is 7.21. The van der Waals surface area contributed by atoms with Crippen LogP contribution in [0.4, 0.5) is 11.4 Å². The number of carboxylic acids is 1. The number of unbranched alkanes of at least 4 members (excludes halogenated alkanes) is 5. The molecule has 116 valence electrons. The summed E-state index contributed by atoms with van der Waals surface area (Å²) in [6, 6.07) is 4.11. The molecule has 0 unspecified atom stereocenters. The first kappa shape index (κ1) is 16.9. The van der Waals surface area contributed by atoms with Crippen molar-refractivity contribution in [2.45, 2.75) is 45.4 Å². The van der Waals surface area contributed by atoms with Crippen molar-refractivity contribution >= 4 is 17.3 Å². The maximum Gasteiger partial charge on any atom is 0.342 e. The Balaban J connectivity index is 2.47. The van der Waals surface area contributed by atoms with Crippen LogP contribution in [-0.4, -0.2) is 22.5 Å². The van der Waals surface area contributed by atoms with E-state index in [2.05, 4.69) is 12.2 Å². The van der Waals surface area contributed by atoms with Crippen LogP contribution >= 0.6 is 0 Å². The number of hydrogen-bond donors (Lipinski definition) is 2. The molecule has 0 aromatic heterocycles. The maximum absolute atomic E-state index is 10.9. The average Bonchev–Trinajstić information content (AvgIpc) is 2.46. The average molecular weight is 294 g/mol. The third kappa shape index (κ3) is 5.81. The molecule has 0 heterocycles. The predicted molar refractivity (Wildman–Crippen MR) is 81.9 cm³/mol. The topological polar surface area (TPSA) is 92.5 Å². The van der Waals surface area contributed by atoms with Crippen molar-refractivity contribution in [3.05, 3.63) is 33.9 Å². The summed E-state index contributed by atoms with van der Waals surface area (Å²) in [5, 5.41) is 22.9. The number of carboxylic acid groups (broad SMARTS) is 1. The first-order valence-electron chi connectivity index (χ1n) is 7.32. The molecule has 2 N–H and O–H groups in total. The lowest BCUT2D eigenvalue weighted by Gasteiger charge is -2.07. The molecule has 6 heteroatoms. The smallest absolute Gasteiger partial charge is 0.342 e. The molecule has 0 aliphatic heterocycles. The van der Waals surface area contributed by atoms with E-state index in [-0.39, 0.29) is 11.3 Å². The number of rotatable bonds is 10. The third-order valence-corrected chi connectivity index (χ3v) is 3.28. The number of nitrogens with one attached hydrogen (secondary N) is 1. The third-order valence-electron chi connectivity index (χ3n) is 3.28. The van der Waals surface area contributed by atoms with Crippen molar-refractivity contribution in [2.24, 2.45) is 0 Å². The van der Waals surface area contributed by atoms with Gasteiger partial charge in [0.25, 0.3) is 5.69 Å². The summed E-state index contributed by atoms with van der Waals surface area (Å²) in [4.78, 5) is 21.1. The molecule has 0 radical (unpaired) electrons. The second kappa shape index (κ2) is 8.94. The van der Waals surface area contributed by atoms with Gasteiger partial charge in [0.2, 0.25) is 0 Å². The minimum atomic E-state index is -1.29. The van der Waals surface area contributed by atoms with Crippen LogP contribution < -0.4 is 5.32 Å². The molecule has 0 aliphatic carbocycles. The molecular formula is C15H22N2O4. The molecule has 0 aliphatic rings. The highest BCUT2D eigenvalue weighted by Crippen LogP contribution is 2.23. The van der Waals surface area contributed by atoms with Crippen molar-refractivity contribution in [3.63, 3.8) is 0 Å². The van der Waals surface area contributed by atoms with E-state index in [1.807, 2.05) is 0 Å². The first-order chi connectivity index (χ1) is 10.1. The molecule has 1 rings (SSSR count). The van der Waals surface area contributed by atoms with Gasteiger partial charge in [-0.2, -0.15) is 0 Å². The van der Waals surface area contributed by atoms with E-state index in [1.54, 1.807) is 6.07 Å². The Morgan fingerprint density at radius 2 is 1.90 bits per heavy atom. The van der Waals surface area contributed by atoms with Gasteiger partial charge in [0, 0.05) is 18.3 Å². The van der Waals surface area contributed by atoms with Crippen molar-refractivity contribution in [2.75, 3.05) is 11.9 Å². The Hall–Kier alpha value is -2.11. The zero-order valence-corrected chi connectivity index (χ0v) is 12.3. The maximum atomic E-state index is 10.9. The fraction of sp³-hybridized carbons (Fsp3) is 0.533. The van der Waals surface area contributed by atoms with Gasteiger partial charge in [-0.3, -0.25) is 10.1 Å². The van der Waals surface area contributed by atoms with Crippen LogP contribution in [0, 0.1) is 10.1 Å². The SMILES string of the molecule is CCCCCCCCNc1ccc(C(=O)O)c([N+](=O)[O-])c1. The van der Waals surface area contributed by atoms with Crippen LogP contribution in [0.25, 0.3) is 0 Å². The fourth-order valence-corrected chi connectivity index (χ4v) is 2.11. The Bertz CT molecular complexity index is 489. The Morgan fingerprint density at radius 3 is 2.52 bits per heavy atom. The largest absolute Gasteiger partial charge is 0.477 e. The van der Waals surface area contributed by atoms with E-state index in [4.69, 9.17) is 5.11 Å². The lowest BCUT2D eigenvalue weighted by atomic mass is 10.1. The number of nitro groups is 1. The standard InChI is InChI=1S/C15H22N2O4/c1-2-3-4-5-6-7-10-16-12-8-9-13(15(18)19)14(11-12)17(20)21/h8-9,11,16H,2-7,10H2,1H3,(H,18,19). The van der Waals surface area contributed by atoms with Gasteiger partial charge in [0.05, 0.1) is 4.92 Å². The molecule has 0 spiro atoms. The van der Waals surface area contributed by atoms with Gasteiger partial charge in [-0.1, -0.05) is 39.0 Å². The lowest BCUT2D eigenvalue weighted by molar-refractivity contribution is -0.385. The second-order valence-corrected chi connectivity index (χ2v) is 4.99. The van der Waals surface area contributed by atoms with Gasteiger partial charge >= 0.3 is 5.97 Å². The van der Waals surface area contributed by atoms with Crippen LogP contribution in [-0.2, 0) is 0 Å². The molecular weight excluding hydrogens is 272 g/mol. The van der Waals surface area contributed by atoms with E-state index < -0.39 is 10.9 Å². The fourth-order valence-electron chi connectivity index (χ4n) is 2.11. The molecule has 0 saturated heterocycles. The van der Waals surface area contributed by atoms with Crippen LogP contribution in [0.2, 0.25) is 0 Å². The lowest BCUT2D eigenvalue weighted by Crippen LogP contribution is -2.06. The first-order valence-corrected chi connectivity index (χ1v) is 7.32. The normalized spacial score (nSPS) is 10.3.